The fourth-order valence-corrected chi connectivity index (χ4v) is 2.28. The molecule has 5 heteroatoms. The summed E-state index contributed by atoms with van der Waals surface area (Å²) in [5.74, 6) is 0.104. The van der Waals surface area contributed by atoms with Gasteiger partial charge in [-0.1, -0.05) is 6.92 Å². The van der Waals surface area contributed by atoms with E-state index in [4.69, 9.17) is 0 Å². The van der Waals surface area contributed by atoms with Crippen LogP contribution in [0.15, 0.2) is 0 Å². The van der Waals surface area contributed by atoms with Crippen LogP contribution in [0.2, 0.25) is 0 Å². The molecule has 3 unspecified atom stereocenters. The normalized spacial score (nSPS) is 24.6. The predicted octanol–water partition coefficient (Wildman–Crippen LogP) is 0.796. The molecule has 1 rings (SSSR count). The highest BCUT2D eigenvalue weighted by molar-refractivity contribution is 5.81. The summed E-state index contributed by atoms with van der Waals surface area (Å²) in [5, 5.41) is 9.06. The van der Waals surface area contributed by atoms with E-state index in [-0.39, 0.29) is 29.8 Å². The average molecular weight is 269 g/mol. The second-order valence-corrected chi connectivity index (χ2v) is 5.41. The molecule has 1 fully saturated rings. The first kappa shape index (κ1) is 16.0. The zero-order valence-electron chi connectivity index (χ0n) is 12.3. The van der Waals surface area contributed by atoms with Crippen LogP contribution < -0.4 is 16.0 Å². The highest BCUT2D eigenvalue weighted by atomic mass is 16.2. The lowest BCUT2D eigenvalue weighted by molar-refractivity contribution is -0.126. The molecule has 0 spiro atoms. The van der Waals surface area contributed by atoms with Gasteiger partial charge in [0.05, 0.1) is 5.92 Å². The second kappa shape index (κ2) is 8.15. The van der Waals surface area contributed by atoms with Gasteiger partial charge in [-0.05, 0) is 39.7 Å². The van der Waals surface area contributed by atoms with Gasteiger partial charge in [-0.2, -0.15) is 0 Å². The van der Waals surface area contributed by atoms with Gasteiger partial charge in [0, 0.05) is 25.0 Å². The number of carbonyl (C=O) groups is 2. The van der Waals surface area contributed by atoms with E-state index in [1.54, 1.807) is 0 Å². The van der Waals surface area contributed by atoms with Crippen molar-refractivity contribution in [2.75, 3.05) is 13.1 Å². The van der Waals surface area contributed by atoms with Crippen LogP contribution in [0.25, 0.3) is 0 Å². The minimum Gasteiger partial charge on any atom is -0.355 e. The van der Waals surface area contributed by atoms with Crippen molar-refractivity contribution in [1.29, 1.82) is 0 Å². The van der Waals surface area contributed by atoms with E-state index in [1.165, 1.54) is 0 Å². The van der Waals surface area contributed by atoms with Crippen molar-refractivity contribution in [3.8, 4) is 0 Å². The first-order valence-corrected chi connectivity index (χ1v) is 7.35. The molecular weight excluding hydrogens is 242 g/mol. The van der Waals surface area contributed by atoms with Gasteiger partial charge >= 0.3 is 0 Å². The highest BCUT2D eigenvalue weighted by Crippen LogP contribution is 2.16. The third-order valence-electron chi connectivity index (χ3n) is 3.77. The molecule has 110 valence electrons. The quantitative estimate of drug-likeness (QED) is 0.668. The van der Waals surface area contributed by atoms with E-state index in [0.717, 1.165) is 25.8 Å². The molecular formula is C14H27N3O2. The van der Waals surface area contributed by atoms with Gasteiger partial charge in [0.1, 0.15) is 0 Å². The zero-order chi connectivity index (χ0) is 14.3. The lowest BCUT2D eigenvalue weighted by Gasteiger charge is -2.28. The van der Waals surface area contributed by atoms with Crippen molar-refractivity contribution >= 4 is 11.8 Å². The Kier molecular flexibility index (Phi) is 6.84. The van der Waals surface area contributed by atoms with E-state index in [2.05, 4.69) is 16.0 Å². The van der Waals surface area contributed by atoms with E-state index in [1.807, 2.05) is 20.8 Å². The van der Waals surface area contributed by atoms with E-state index in [9.17, 15) is 9.59 Å². The minimum absolute atomic E-state index is 0.00414. The maximum atomic E-state index is 12.0. The molecule has 0 radical (unpaired) electrons. The summed E-state index contributed by atoms with van der Waals surface area (Å²) in [5.41, 5.74) is 0. The van der Waals surface area contributed by atoms with Crippen molar-refractivity contribution < 1.29 is 9.59 Å². The lowest BCUT2D eigenvalue weighted by Crippen LogP contribution is -2.47. The van der Waals surface area contributed by atoms with Gasteiger partial charge in [0.2, 0.25) is 11.8 Å². The van der Waals surface area contributed by atoms with Gasteiger partial charge in [0.25, 0.3) is 0 Å². The van der Waals surface area contributed by atoms with Crippen molar-refractivity contribution in [3.63, 3.8) is 0 Å². The predicted molar refractivity (Wildman–Crippen MR) is 75.7 cm³/mol. The number of hydrogen-bond acceptors (Lipinski definition) is 3. The molecule has 0 aromatic rings. The summed E-state index contributed by atoms with van der Waals surface area (Å²) < 4.78 is 0. The first-order valence-electron chi connectivity index (χ1n) is 7.35. The van der Waals surface area contributed by atoms with Crippen LogP contribution in [-0.4, -0.2) is 37.0 Å². The second-order valence-electron chi connectivity index (χ2n) is 5.41. The molecule has 1 aliphatic heterocycles. The standard InChI is InChI=1S/C14H27N3O2/c1-4-10(2)17-13(18)7-9-16-14(19)12-6-5-8-15-11(12)3/h10-12,15H,4-9H2,1-3H3,(H,16,19)(H,17,18). The summed E-state index contributed by atoms with van der Waals surface area (Å²) in [4.78, 5) is 23.5. The van der Waals surface area contributed by atoms with Crippen molar-refractivity contribution in [3.05, 3.63) is 0 Å². The fraction of sp³-hybridized carbons (Fsp3) is 0.857. The Morgan fingerprint density at radius 1 is 1.42 bits per heavy atom. The Balaban J connectivity index is 2.21. The molecule has 3 N–H and O–H groups in total. The van der Waals surface area contributed by atoms with Gasteiger partial charge in [-0.15, -0.1) is 0 Å². The van der Waals surface area contributed by atoms with Crippen LogP contribution in [0.5, 0.6) is 0 Å². The summed E-state index contributed by atoms with van der Waals surface area (Å²) >= 11 is 0. The molecule has 0 aliphatic carbocycles. The van der Waals surface area contributed by atoms with Gasteiger partial charge in [-0.25, -0.2) is 0 Å². The number of hydrogen-bond donors (Lipinski definition) is 3. The molecule has 1 aliphatic rings. The molecule has 5 nitrogen and oxygen atoms in total. The van der Waals surface area contributed by atoms with Crippen molar-refractivity contribution in [1.82, 2.24) is 16.0 Å². The molecule has 1 saturated heterocycles. The largest absolute Gasteiger partial charge is 0.355 e. The van der Waals surface area contributed by atoms with Crippen LogP contribution in [0.3, 0.4) is 0 Å². The summed E-state index contributed by atoms with van der Waals surface area (Å²) in [6.07, 6.45) is 3.24. The van der Waals surface area contributed by atoms with Crippen molar-refractivity contribution in [2.24, 2.45) is 5.92 Å². The highest BCUT2D eigenvalue weighted by Gasteiger charge is 2.27. The molecule has 1 heterocycles. The molecule has 19 heavy (non-hydrogen) atoms. The Hall–Kier alpha value is -1.10. The number of amides is 2. The van der Waals surface area contributed by atoms with E-state index >= 15 is 0 Å². The zero-order valence-corrected chi connectivity index (χ0v) is 12.3. The minimum atomic E-state index is 0.00414. The third-order valence-corrected chi connectivity index (χ3v) is 3.77. The van der Waals surface area contributed by atoms with Crippen LogP contribution in [0.1, 0.15) is 46.5 Å². The molecule has 0 aromatic carbocycles. The molecule has 2 amide bonds. The van der Waals surface area contributed by atoms with Gasteiger partial charge in [-0.3, -0.25) is 9.59 Å². The number of nitrogens with one attached hydrogen (secondary N) is 3. The summed E-state index contributed by atoms with van der Waals surface area (Å²) in [6, 6.07) is 0.424. The Bertz CT molecular complexity index is 307. The smallest absolute Gasteiger partial charge is 0.224 e. The van der Waals surface area contributed by atoms with E-state index < -0.39 is 0 Å². The fourth-order valence-electron chi connectivity index (χ4n) is 2.28. The van der Waals surface area contributed by atoms with Crippen LogP contribution in [0.4, 0.5) is 0 Å². The third kappa shape index (κ3) is 5.59. The maximum Gasteiger partial charge on any atom is 0.224 e. The van der Waals surface area contributed by atoms with Crippen LogP contribution >= 0.6 is 0 Å². The van der Waals surface area contributed by atoms with Crippen molar-refractivity contribution in [2.45, 2.75) is 58.5 Å². The first-order chi connectivity index (χ1) is 9.04. The number of piperidine rings is 1. The Labute approximate surface area is 115 Å². The van der Waals surface area contributed by atoms with Gasteiger partial charge < -0.3 is 16.0 Å². The Morgan fingerprint density at radius 2 is 2.16 bits per heavy atom. The SMILES string of the molecule is CCC(C)NC(=O)CCNC(=O)C1CCCNC1C. The van der Waals surface area contributed by atoms with Gasteiger partial charge in [0.15, 0.2) is 0 Å². The number of rotatable bonds is 6. The molecule has 0 bridgehead atoms. The maximum absolute atomic E-state index is 12.0. The number of carbonyl (C=O) groups excluding carboxylic acids is 2. The lowest BCUT2D eigenvalue weighted by atomic mass is 9.91. The van der Waals surface area contributed by atoms with Crippen LogP contribution in [-0.2, 0) is 9.59 Å². The molecule has 0 aromatic heterocycles. The topological polar surface area (TPSA) is 70.2 Å². The average Bonchev–Trinajstić information content (AvgIpc) is 2.38. The summed E-state index contributed by atoms with van der Waals surface area (Å²) in [6.45, 7) is 7.46. The summed E-state index contributed by atoms with van der Waals surface area (Å²) in [7, 11) is 0. The van der Waals surface area contributed by atoms with Crippen LogP contribution in [0, 0.1) is 5.92 Å². The van der Waals surface area contributed by atoms with E-state index in [0.29, 0.717) is 13.0 Å². The molecule has 3 atom stereocenters. The molecule has 0 saturated carbocycles. The monoisotopic (exact) mass is 269 g/mol. The Morgan fingerprint density at radius 3 is 2.79 bits per heavy atom.